The highest BCUT2D eigenvalue weighted by molar-refractivity contribution is 5.85. The number of hydrogen-bond donors (Lipinski definition) is 2. The number of nitrogens with one attached hydrogen (secondary N) is 2. The fraction of sp³-hybridized carbons (Fsp3) is 0.632. The van der Waals surface area contributed by atoms with Crippen LogP contribution in [0.4, 0.5) is 0 Å². The van der Waals surface area contributed by atoms with Gasteiger partial charge < -0.3 is 20.1 Å². The monoisotopic (exact) mass is 366 g/mol. The zero-order valence-electron chi connectivity index (χ0n) is 14.6. The number of hydrogen-bond acceptors (Lipinski definition) is 4. The third kappa shape index (κ3) is 4.21. The van der Waals surface area contributed by atoms with E-state index in [0.29, 0.717) is 25.2 Å². The number of piperidine rings is 1. The molecule has 138 valence electrons. The number of rotatable bonds is 4. The van der Waals surface area contributed by atoms with Crippen molar-refractivity contribution in [2.24, 2.45) is 11.8 Å². The third-order valence-electron chi connectivity index (χ3n) is 5.31. The Hall–Kier alpha value is -1.46. The summed E-state index contributed by atoms with van der Waals surface area (Å²) >= 11 is 0. The Kier molecular flexibility index (Phi) is 5.74. The van der Waals surface area contributed by atoms with Gasteiger partial charge >= 0.3 is 0 Å². The van der Waals surface area contributed by atoms with E-state index in [9.17, 15) is 4.79 Å². The second kappa shape index (κ2) is 7.83. The minimum atomic E-state index is 0. The number of halogens is 1. The van der Waals surface area contributed by atoms with E-state index in [2.05, 4.69) is 23.6 Å². The maximum atomic E-state index is 12.8. The summed E-state index contributed by atoms with van der Waals surface area (Å²) in [6.45, 7) is 4.27. The Labute approximate surface area is 155 Å². The summed E-state index contributed by atoms with van der Waals surface area (Å²) in [4.78, 5) is 12.8. The Balaban J connectivity index is 0.00000182. The second-order valence-corrected chi connectivity index (χ2v) is 7.30. The van der Waals surface area contributed by atoms with Gasteiger partial charge in [-0.05, 0) is 62.8 Å². The molecule has 25 heavy (non-hydrogen) atoms. The first-order valence-electron chi connectivity index (χ1n) is 9.14. The molecule has 1 saturated carbocycles. The summed E-state index contributed by atoms with van der Waals surface area (Å²) in [6, 6.07) is 6.60. The molecule has 0 radical (unpaired) electrons. The van der Waals surface area contributed by atoms with Crippen LogP contribution in [0.5, 0.6) is 11.5 Å². The molecule has 2 fully saturated rings. The van der Waals surface area contributed by atoms with E-state index in [1.54, 1.807) is 0 Å². The van der Waals surface area contributed by atoms with Crippen molar-refractivity contribution in [1.29, 1.82) is 0 Å². The Bertz CT molecular complexity index is 621. The lowest BCUT2D eigenvalue weighted by molar-refractivity contribution is -0.127. The first kappa shape index (κ1) is 18.3. The van der Waals surface area contributed by atoms with Crippen LogP contribution in [0.3, 0.4) is 0 Å². The van der Waals surface area contributed by atoms with Crippen LogP contribution in [0.25, 0.3) is 0 Å². The van der Waals surface area contributed by atoms with Crippen molar-refractivity contribution in [3.63, 3.8) is 0 Å². The molecule has 0 spiro atoms. The highest BCUT2D eigenvalue weighted by Crippen LogP contribution is 2.43. The van der Waals surface area contributed by atoms with Gasteiger partial charge in [0.15, 0.2) is 11.5 Å². The fourth-order valence-electron chi connectivity index (χ4n) is 3.80. The zero-order valence-corrected chi connectivity index (χ0v) is 15.4. The Morgan fingerprint density at radius 2 is 1.96 bits per heavy atom. The first-order valence-corrected chi connectivity index (χ1v) is 9.14. The van der Waals surface area contributed by atoms with E-state index in [0.717, 1.165) is 36.4 Å². The van der Waals surface area contributed by atoms with Crippen LogP contribution in [0, 0.1) is 11.8 Å². The van der Waals surface area contributed by atoms with Crippen LogP contribution >= 0.6 is 12.4 Å². The topological polar surface area (TPSA) is 59.6 Å². The lowest BCUT2D eigenvalue weighted by Gasteiger charge is -2.29. The van der Waals surface area contributed by atoms with Crippen LogP contribution in [0.1, 0.15) is 44.2 Å². The lowest BCUT2D eigenvalue weighted by Crippen LogP contribution is -2.43. The average Bonchev–Trinajstić information content (AvgIpc) is 3.44. The van der Waals surface area contributed by atoms with Gasteiger partial charge in [0.25, 0.3) is 0 Å². The quantitative estimate of drug-likeness (QED) is 0.860. The summed E-state index contributed by atoms with van der Waals surface area (Å²) in [6.07, 6.45) is 4.21. The predicted molar refractivity (Wildman–Crippen MR) is 98.5 cm³/mol. The van der Waals surface area contributed by atoms with E-state index >= 15 is 0 Å². The number of ether oxygens (including phenoxy) is 2. The van der Waals surface area contributed by atoms with Crippen molar-refractivity contribution in [3.05, 3.63) is 23.8 Å². The van der Waals surface area contributed by atoms with Gasteiger partial charge in [0.1, 0.15) is 13.2 Å². The van der Waals surface area contributed by atoms with Crippen LogP contribution in [0.15, 0.2) is 18.2 Å². The number of amides is 1. The molecule has 5 nitrogen and oxygen atoms in total. The molecule has 1 amide bonds. The maximum absolute atomic E-state index is 12.8. The SMILES string of the molecule is C[C@H]1C[C@@H](C(=O)NC(c2ccc3c(c2)OCCO3)C2CC2)CCN1.Cl. The molecule has 6 heteroatoms. The summed E-state index contributed by atoms with van der Waals surface area (Å²) in [7, 11) is 0. The van der Waals surface area contributed by atoms with Gasteiger partial charge in [-0.1, -0.05) is 6.07 Å². The maximum Gasteiger partial charge on any atom is 0.223 e. The van der Waals surface area contributed by atoms with E-state index in [4.69, 9.17) is 9.47 Å². The predicted octanol–water partition coefficient (Wildman–Crippen LogP) is 2.84. The van der Waals surface area contributed by atoms with Crippen LogP contribution in [-0.2, 0) is 4.79 Å². The molecule has 0 bridgehead atoms. The molecule has 1 aromatic carbocycles. The normalized spacial score (nSPS) is 26.3. The highest BCUT2D eigenvalue weighted by atomic mass is 35.5. The molecule has 1 aromatic rings. The van der Waals surface area contributed by atoms with Crippen LogP contribution in [0.2, 0.25) is 0 Å². The van der Waals surface area contributed by atoms with E-state index < -0.39 is 0 Å². The van der Waals surface area contributed by atoms with Gasteiger partial charge in [-0.25, -0.2) is 0 Å². The second-order valence-electron chi connectivity index (χ2n) is 7.30. The molecule has 3 atom stereocenters. The molecule has 1 unspecified atom stereocenters. The van der Waals surface area contributed by atoms with Gasteiger partial charge in [0.05, 0.1) is 6.04 Å². The lowest BCUT2D eigenvalue weighted by atomic mass is 9.91. The summed E-state index contributed by atoms with van der Waals surface area (Å²) in [5.74, 6) is 2.48. The molecule has 1 aliphatic carbocycles. The smallest absolute Gasteiger partial charge is 0.223 e. The van der Waals surface area contributed by atoms with Crippen LogP contribution in [-0.4, -0.2) is 31.7 Å². The van der Waals surface area contributed by atoms with Crippen molar-refractivity contribution < 1.29 is 14.3 Å². The summed E-state index contributed by atoms with van der Waals surface area (Å²) in [5.41, 5.74) is 1.14. The Morgan fingerprint density at radius 1 is 1.20 bits per heavy atom. The van der Waals surface area contributed by atoms with Crippen molar-refractivity contribution in [2.75, 3.05) is 19.8 Å². The molecule has 2 aliphatic heterocycles. The molecule has 2 N–H and O–H groups in total. The molecular formula is C19H27ClN2O3. The molecule has 3 aliphatic rings. The largest absolute Gasteiger partial charge is 0.486 e. The van der Waals surface area contributed by atoms with Crippen molar-refractivity contribution >= 4 is 18.3 Å². The molecule has 2 heterocycles. The Morgan fingerprint density at radius 3 is 2.68 bits per heavy atom. The van der Waals surface area contributed by atoms with Gasteiger partial charge in [0.2, 0.25) is 5.91 Å². The fourth-order valence-corrected chi connectivity index (χ4v) is 3.80. The number of carbonyl (C=O) groups excluding carboxylic acids is 1. The highest BCUT2D eigenvalue weighted by Gasteiger charge is 2.36. The first-order chi connectivity index (χ1) is 11.7. The molecular weight excluding hydrogens is 340 g/mol. The van der Waals surface area contributed by atoms with Gasteiger partial charge in [-0.3, -0.25) is 4.79 Å². The zero-order chi connectivity index (χ0) is 16.5. The van der Waals surface area contributed by atoms with Gasteiger partial charge in [0, 0.05) is 12.0 Å². The number of benzene rings is 1. The van der Waals surface area contributed by atoms with Crippen molar-refractivity contribution in [1.82, 2.24) is 10.6 Å². The summed E-state index contributed by atoms with van der Waals surface area (Å²) < 4.78 is 11.3. The summed E-state index contributed by atoms with van der Waals surface area (Å²) in [5, 5.41) is 6.74. The molecule has 1 saturated heterocycles. The third-order valence-corrected chi connectivity index (χ3v) is 5.31. The van der Waals surface area contributed by atoms with E-state index in [1.165, 1.54) is 12.8 Å². The van der Waals surface area contributed by atoms with Crippen molar-refractivity contribution in [2.45, 2.75) is 44.7 Å². The van der Waals surface area contributed by atoms with Crippen LogP contribution < -0.4 is 20.1 Å². The van der Waals surface area contributed by atoms with Gasteiger partial charge in [-0.15, -0.1) is 12.4 Å². The van der Waals surface area contributed by atoms with E-state index in [-0.39, 0.29) is 30.3 Å². The number of carbonyl (C=O) groups is 1. The molecule has 4 rings (SSSR count). The minimum Gasteiger partial charge on any atom is -0.486 e. The number of fused-ring (bicyclic) bond motifs is 1. The minimum absolute atomic E-state index is 0. The van der Waals surface area contributed by atoms with Gasteiger partial charge in [-0.2, -0.15) is 0 Å². The molecule has 0 aromatic heterocycles. The standard InChI is InChI=1S/C19H26N2O3.ClH/c1-12-10-15(6-7-20-12)19(22)21-18(13-2-3-13)14-4-5-16-17(11-14)24-9-8-23-16;/h4-5,11-13,15,18,20H,2-3,6-10H2,1H3,(H,21,22);1H/t12-,15-,18?;/m0./s1. The average molecular weight is 367 g/mol. The van der Waals surface area contributed by atoms with E-state index in [1.807, 2.05) is 12.1 Å². The van der Waals surface area contributed by atoms with Crippen molar-refractivity contribution in [3.8, 4) is 11.5 Å².